The molecular formula is C4H12F2N2+2. The highest BCUT2D eigenvalue weighted by atomic mass is 19.3. The molecule has 0 aliphatic rings. The SMILES string of the molecule is CC(F)(F)[NH2+]CC[NH3+]. The van der Waals surface area contributed by atoms with Crippen molar-refractivity contribution in [3.8, 4) is 0 Å². The second-order valence-electron chi connectivity index (χ2n) is 1.80. The minimum Gasteiger partial charge on any atom is -0.353 e. The number of quaternary nitrogens is 2. The number of halogens is 2. The summed E-state index contributed by atoms with van der Waals surface area (Å²) in [5, 5.41) is 0.972. The fraction of sp³-hybridized carbons (Fsp3) is 1.00. The predicted octanol–water partition coefficient (Wildman–Crippen LogP) is -1.60. The van der Waals surface area contributed by atoms with Crippen LogP contribution in [0.3, 0.4) is 0 Å². The van der Waals surface area contributed by atoms with Gasteiger partial charge in [0.1, 0.15) is 13.1 Å². The summed E-state index contributed by atoms with van der Waals surface area (Å²) in [7, 11) is 0. The highest BCUT2D eigenvalue weighted by Gasteiger charge is 2.23. The Morgan fingerprint density at radius 2 is 2.12 bits per heavy atom. The van der Waals surface area contributed by atoms with Gasteiger partial charge in [0, 0.05) is 0 Å². The molecule has 0 saturated carbocycles. The number of hydrogen-bond acceptors (Lipinski definition) is 0. The monoisotopic (exact) mass is 126 g/mol. The van der Waals surface area contributed by atoms with Crippen LogP contribution >= 0.6 is 0 Å². The summed E-state index contributed by atoms with van der Waals surface area (Å²) in [6.45, 7) is 1.82. The van der Waals surface area contributed by atoms with Crippen molar-refractivity contribution < 1.29 is 19.8 Å². The van der Waals surface area contributed by atoms with E-state index in [1.54, 1.807) is 0 Å². The van der Waals surface area contributed by atoms with E-state index in [9.17, 15) is 8.78 Å². The van der Waals surface area contributed by atoms with Crippen molar-refractivity contribution in [1.82, 2.24) is 0 Å². The third kappa shape index (κ3) is 5.78. The summed E-state index contributed by atoms with van der Waals surface area (Å²) in [6, 6.07) is -2.61. The smallest absolute Gasteiger partial charge is 0.353 e. The fourth-order valence-electron chi connectivity index (χ4n) is 0.356. The summed E-state index contributed by atoms with van der Waals surface area (Å²) in [5.41, 5.74) is 3.42. The fourth-order valence-corrected chi connectivity index (χ4v) is 0.356. The Hall–Kier alpha value is -0.220. The van der Waals surface area contributed by atoms with Crippen LogP contribution in [0, 0.1) is 0 Å². The summed E-state index contributed by atoms with van der Waals surface area (Å²) < 4.78 is 23.7. The van der Waals surface area contributed by atoms with Gasteiger partial charge in [-0.05, 0) is 0 Å². The first-order valence-electron chi connectivity index (χ1n) is 2.57. The van der Waals surface area contributed by atoms with Crippen molar-refractivity contribution in [1.29, 1.82) is 0 Å². The Morgan fingerprint density at radius 3 is 2.25 bits per heavy atom. The molecule has 4 heteroatoms. The van der Waals surface area contributed by atoms with Crippen LogP contribution in [0.1, 0.15) is 6.92 Å². The third-order valence-corrected chi connectivity index (χ3v) is 0.707. The standard InChI is InChI=1S/C4H10F2N2/c1-4(5,6)8-3-2-7/h8H,2-3,7H2,1H3/p+2. The molecule has 5 N–H and O–H groups in total. The van der Waals surface area contributed by atoms with Gasteiger partial charge in [0.05, 0.1) is 6.92 Å². The highest BCUT2D eigenvalue weighted by Crippen LogP contribution is 1.96. The number of alkyl halides is 2. The zero-order chi connectivity index (χ0) is 6.62. The van der Waals surface area contributed by atoms with Gasteiger partial charge in [0.15, 0.2) is 0 Å². The summed E-state index contributed by atoms with van der Waals surface area (Å²) in [5.74, 6) is 0. The molecule has 0 saturated heterocycles. The molecule has 0 aliphatic heterocycles. The average Bonchev–Trinajstić information content (AvgIpc) is 1.59. The van der Waals surface area contributed by atoms with E-state index in [1.807, 2.05) is 0 Å². The first kappa shape index (κ1) is 7.78. The predicted molar refractivity (Wildman–Crippen MR) is 25.2 cm³/mol. The molecule has 0 aliphatic carbocycles. The molecule has 8 heavy (non-hydrogen) atoms. The van der Waals surface area contributed by atoms with Crippen molar-refractivity contribution in [3.63, 3.8) is 0 Å². The molecule has 50 valence electrons. The minimum absolute atomic E-state index is 0.392. The van der Waals surface area contributed by atoms with E-state index in [4.69, 9.17) is 0 Å². The molecule has 0 aromatic rings. The van der Waals surface area contributed by atoms with Gasteiger partial charge in [-0.1, -0.05) is 0 Å². The van der Waals surface area contributed by atoms with Gasteiger partial charge in [-0.25, -0.2) is 0 Å². The van der Waals surface area contributed by atoms with Crippen molar-refractivity contribution >= 4 is 0 Å². The molecule has 0 radical (unpaired) electrons. The van der Waals surface area contributed by atoms with E-state index < -0.39 is 6.05 Å². The quantitative estimate of drug-likeness (QED) is 0.428. The summed E-state index contributed by atoms with van der Waals surface area (Å²) >= 11 is 0. The molecule has 0 bridgehead atoms. The third-order valence-electron chi connectivity index (χ3n) is 0.707. The van der Waals surface area contributed by atoms with Crippen LogP contribution in [0.15, 0.2) is 0 Å². The Labute approximate surface area is 47.1 Å². The van der Waals surface area contributed by atoms with E-state index in [1.165, 1.54) is 0 Å². The van der Waals surface area contributed by atoms with Crippen molar-refractivity contribution in [2.45, 2.75) is 13.0 Å². The second-order valence-corrected chi connectivity index (χ2v) is 1.80. The lowest BCUT2D eigenvalue weighted by Crippen LogP contribution is -2.95. The van der Waals surface area contributed by atoms with Crippen LogP contribution in [0.2, 0.25) is 0 Å². The van der Waals surface area contributed by atoms with Crippen molar-refractivity contribution in [2.24, 2.45) is 0 Å². The normalized spacial score (nSPS) is 12.0. The summed E-state index contributed by atoms with van der Waals surface area (Å²) in [4.78, 5) is 0. The van der Waals surface area contributed by atoms with E-state index in [0.717, 1.165) is 12.2 Å². The van der Waals surface area contributed by atoms with Gasteiger partial charge >= 0.3 is 6.05 Å². The van der Waals surface area contributed by atoms with Crippen LogP contribution in [0.4, 0.5) is 8.78 Å². The average molecular weight is 126 g/mol. The van der Waals surface area contributed by atoms with Crippen molar-refractivity contribution in [2.75, 3.05) is 13.1 Å². The van der Waals surface area contributed by atoms with Gasteiger partial charge in [-0.15, -0.1) is 8.78 Å². The van der Waals surface area contributed by atoms with E-state index in [2.05, 4.69) is 5.73 Å². The Kier molecular flexibility index (Phi) is 2.86. The number of hydrogen-bond donors (Lipinski definition) is 2. The number of nitrogens with two attached hydrogens (primary N) is 1. The molecular weight excluding hydrogens is 114 g/mol. The van der Waals surface area contributed by atoms with Crippen LogP contribution in [0.25, 0.3) is 0 Å². The number of rotatable bonds is 3. The van der Waals surface area contributed by atoms with E-state index in [0.29, 0.717) is 13.1 Å². The maximum absolute atomic E-state index is 11.8. The molecule has 0 atom stereocenters. The highest BCUT2D eigenvalue weighted by molar-refractivity contribution is 4.27. The molecule has 0 aromatic carbocycles. The van der Waals surface area contributed by atoms with E-state index in [-0.39, 0.29) is 0 Å². The van der Waals surface area contributed by atoms with Gasteiger partial charge in [-0.3, -0.25) is 5.32 Å². The topological polar surface area (TPSA) is 44.2 Å². The molecule has 2 nitrogen and oxygen atoms in total. The maximum atomic E-state index is 11.8. The Bertz CT molecular complexity index is 59.5. The Morgan fingerprint density at radius 1 is 1.62 bits per heavy atom. The maximum Gasteiger partial charge on any atom is 0.384 e. The van der Waals surface area contributed by atoms with Gasteiger partial charge in [0.25, 0.3) is 0 Å². The zero-order valence-corrected chi connectivity index (χ0v) is 4.95. The molecule has 0 amide bonds. The van der Waals surface area contributed by atoms with Gasteiger partial charge < -0.3 is 5.73 Å². The molecule has 0 fully saturated rings. The van der Waals surface area contributed by atoms with E-state index >= 15 is 0 Å². The molecule has 0 unspecified atom stereocenters. The lowest BCUT2D eigenvalue weighted by molar-refractivity contribution is -0.785. The van der Waals surface area contributed by atoms with Gasteiger partial charge in [-0.2, -0.15) is 0 Å². The molecule has 0 heterocycles. The van der Waals surface area contributed by atoms with Crippen LogP contribution < -0.4 is 11.1 Å². The molecule has 0 aromatic heterocycles. The first-order chi connectivity index (χ1) is 3.56. The minimum atomic E-state index is -2.61. The first-order valence-corrected chi connectivity index (χ1v) is 2.57. The van der Waals surface area contributed by atoms with Crippen LogP contribution in [-0.4, -0.2) is 19.1 Å². The lowest BCUT2D eigenvalue weighted by atomic mass is 10.5. The largest absolute Gasteiger partial charge is 0.384 e. The van der Waals surface area contributed by atoms with Crippen LogP contribution in [-0.2, 0) is 0 Å². The van der Waals surface area contributed by atoms with Crippen molar-refractivity contribution in [3.05, 3.63) is 0 Å². The zero-order valence-electron chi connectivity index (χ0n) is 4.95. The molecule has 0 spiro atoms. The van der Waals surface area contributed by atoms with Crippen LogP contribution in [0.5, 0.6) is 0 Å². The molecule has 0 rings (SSSR count). The lowest BCUT2D eigenvalue weighted by Gasteiger charge is -2.04. The Balaban J connectivity index is 3.11. The second kappa shape index (κ2) is 2.94. The van der Waals surface area contributed by atoms with Gasteiger partial charge in [0.2, 0.25) is 0 Å². The summed E-state index contributed by atoms with van der Waals surface area (Å²) in [6.07, 6.45) is 0.